The molecule has 9 nitrogen and oxygen atoms in total. The number of fused-ring (bicyclic) bond motifs is 1. The average molecular weight is 372 g/mol. The van der Waals surface area contributed by atoms with E-state index in [1.165, 1.54) is 40.7 Å². The van der Waals surface area contributed by atoms with E-state index < -0.39 is 33.9 Å². The van der Waals surface area contributed by atoms with Crippen LogP contribution in [0.5, 0.6) is 0 Å². The van der Waals surface area contributed by atoms with E-state index in [-0.39, 0.29) is 24.5 Å². The minimum atomic E-state index is -3.53. The first-order valence-corrected chi connectivity index (χ1v) is 9.42. The largest absolute Gasteiger partial charge is 0.346 e. The molecule has 0 aliphatic carbocycles. The first-order valence-electron chi connectivity index (χ1n) is 7.10. The maximum Gasteiger partial charge on any atom is 0.327 e. The number of amides is 4. The van der Waals surface area contributed by atoms with Gasteiger partial charge >= 0.3 is 6.03 Å². The third-order valence-electron chi connectivity index (χ3n) is 3.97. The highest BCUT2D eigenvalue weighted by atomic mass is 32.2. The monoisotopic (exact) mass is 372 g/mol. The van der Waals surface area contributed by atoms with E-state index in [9.17, 15) is 22.8 Å². The lowest BCUT2D eigenvalue weighted by Crippen LogP contribution is -2.46. The van der Waals surface area contributed by atoms with Crippen molar-refractivity contribution < 1.29 is 22.8 Å². The molecule has 2 aliphatic heterocycles. The van der Waals surface area contributed by atoms with Gasteiger partial charge in [-0.05, 0) is 11.4 Å². The predicted octanol–water partition coefficient (Wildman–Crippen LogP) is -0.566. The van der Waals surface area contributed by atoms with E-state index in [2.05, 4.69) is 5.32 Å². The quantitative estimate of drug-likeness (QED) is 0.716. The summed E-state index contributed by atoms with van der Waals surface area (Å²) in [5.74, 6) is -0.943. The molecule has 4 amide bonds. The number of imide groups is 1. The molecule has 1 aromatic rings. The first kappa shape index (κ1) is 16.9. The molecule has 1 saturated heterocycles. The lowest BCUT2D eigenvalue weighted by atomic mass is 10.2. The van der Waals surface area contributed by atoms with E-state index in [1.54, 1.807) is 5.38 Å². The van der Waals surface area contributed by atoms with Crippen LogP contribution in [-0.2, 0) is 19.6 Å². The molecular weight excluding hydrogens is 356 g/mol. The third-order valence-corrected chi connectivity index (χ3v) is 7.01. The number of nitrogens with zero attached hydrogens (tertiary/aromatic N) is 3. The Morgan fingerprint density at radius 3 is 2.71 bits per heavy atom. The Balaban J connectivity index is 1.74. The molecule has 0 unspecified atom stereocenters. The second kappa shape index (κ2) is 5.83. The fourth-order valence-corrected chi connectivity index (χ4v) is 5.40. The second-order valence-electron chi connectivity index (χ2n) is 5.67. The van der Waals surface area contributed by atoms with Crippen molar-refractivity contribution in [3.05, 3.63) is 16.3 Å². The van der Waals surface area contributed by atoms with Gasteiger partial charge in [-0.15, -0.1) is 11.3 Å². The summed E-state index contributed by atoms with van der Waals surface area (Å²) >= 11 is 1.25. The maximum atomic E-state index is 12.2. The Hall–Kier alpha value is -1.98. The Kier molecular flexibility index (Phi) is 4.10. The van der Waals surface area contributed by atoms with Crippen LogP contribution in [0.3, 0.4) is 0 Å². The topological polar surface area (TPSA) is 107 Å². The predicted molar refractivity (Wildman–Crippen MR) is 84.8 cm³/mol. The van der Waals surface area contributed by atoms with E-state index in [1.807, 2.05) is 0 Å². The van der Waals surface area contributed by atoms with E-state index >= 15 is 0 Å². The highest BCUT2D eigenvalue weighted by molar-refractivity contribution is 7.89. The SMILES string of the molecule is CN1CC(=O)N(CC(=O)N[C@H]2CN(C)S(=O)(=O)c3ccsc32)C1=O. The fourth-order valence-electron chi connectivity index (χ4n) is 2.70. The van der Waals surface area contributed by atoms with Gasteiger partial charge in [-0.2, -0.15) is 4.31 Å². The lowest BCUT2D eigenvalue weighted by molar-refractivity contribution is -0.131. The van der Waals surface area contributed by atoms with Gasteiger partial charge in [0.1, 0.15) is 13.1 Å². The van der Waals surface area contributed by atoms with Crippen molar-refractivity contribution in [1.82, 2.24) is 19.4 Å². The molecule has 0 radical (unpaired) electrons. The molecule has 3 rings (SSSR count). The number of carbonyl (C=O) groups excluding carboxylic acids is 3. The smallest absolute Gasteiger partial charge is 0.327 e. The molecule has 1 fully saturated rings. The Labute approximate surface area is 142 Å². The van der Waals surface area contributed by atoms with Gasteiger partial charge in [-0.25, -0.2) is 13.2 Å². The first-order chi connectivity index (χ1) is 11.2. The number of thiophene rings is 1. The third kappa shape index (κ3) is 2.68. The van der Waals surface area contributed by atoms with Crippen LogP contribution in [0.1, 0.15) is 10.9 Å². The summed E-state index contributed by atoms with van der Waals surface area (Å²) in [5, 5.41) is 4.37. The van der Waals surface area contributed by atoms with Gasteiger partial charge in [0, 0.05) is 25.5 Å². The zero-order valence-corrected chi connectivity index (χ0v) is 14.7. The molecule has 0 saturated carbocycles. The Morgan fingerprint density at radius 1 is 1.38 bits per heavy atom. The van der Waals surface area contributed by atoms with Gasteiger partial charge < -0.3 is 10.2 Å². The number of urea groups is 1. The summed E-state index contributed by atoms with van der Waals surface area (Å²) in [6, 6.07) is 0.481. The minimum Gasteiger partial charge on any atom is -0.346 e. The maximum absolute atomic E-state index is 12.2. The van der Waals surface area contributed by atoms with Crippen LogP contribution in [-0.4, -0.2) is 74.1 Å². The molecule has 24 heavy (non-hydrogen) atoms. The van der Waals surface area contributed by atoms with Crippen molar-refractivity contribution >= 4 is 39.2 Å². The van der Waals surface area contributed by atoms with Gasteiger partial charge in [0.25, 0.3) is 5.91 Å². The molecule has 0 aromatic carbocycles. The summed E-state index contributed by atoms with van der Waals surface area (Å²) in [6.07, 6.45) is 0. The molecule has 1 aromatic heterocycles. The van der Waals surface area contributed by atoms with Crippen LogP contribution >= 0.6 is 11.3 Å². The number of hydrogen-bond acceptors (Lipinski definition) is 6. The fraction of sp³-hybridized carbons (Fsp3) is 0.462. The van der Waals surface area contributed by atoms with E-state index in [0.29, 0.717) is 4.88 Å². The number of sulfonamides is 1. The number of hydrogen-bond donors (Lipinski definition) is 1. The standard InChI is InChI=1S/C13H16N4O5S2/c1-15-7-11(19)17(13(15)20)6-10(18)14-8-5-16(2)24(21,22)9-3-4-23-12(8)9/h3-4,8H,5-7H2,1-2H3,(H,14,18)/t8-/m0/s1. The van der Waals surface area contributed by atoms with Gasteiger partial charge in [0.05, 0.1) is 10.9 Å². The molecule has 3 heterocycles. The summed E-state index contributed by atoms with van der Waals surface area (Å²) in [5.41, 5.74) is 0. The molecular formula is C13H16N4O5S2. The molecule has 1 atom stereocenters. The van der Waals surface area contributed by atoms with E-state index in [4.69, 9.17) is 0 Å². The van der Waals surface area contributed by atoms with Crippen LogP contribution in [0.2, 0.25) is 0 Å². The molecule has 2 aliphatic rings. The van der Waals surface area contributed by atoms with Crippen molar-refractivity contribution in [3.63, 3.8) is 0 Å². The highest BCUT2D eigenvalue weighted by Crippen LogP contribution is 2.35. The van der Waals surface area contributed by atoms with Crippen molar-refractivity contribution in [3.8, 4) is 0 Å². The normalized spacial score (nSPS) is 23.5. The molecule has 0 spiro atoms. The van der Waals surface area contributed by atoms with Gasteiger partial charge in [-0.1, -0.05) is 0 Å². The highest BCUT2D eigenvalue weighted by Gasteiger charge is 2.38. The molecule has 11 heteroatoms. The summed E-state index contributed by atoms with van der Waals surface area (Å²) in [7, 11) is -0.601. The van der Waals surface area contributed by atoms with Crippen molar-refractivity contribution in [2.75, 3.05) is 33.7 Å². The summed E-state index contributed by atoms with van der Waals surface area (Å²) in [6.45, 7) is -0.329. The van der Waals surface area contributed by atoms with Crippen LogP contribution in [0.4, 0.5) is 4.79 Å². The lowest BCUT2D eigenvalue weighted by Gasteiger charge is -2.30. The van der Waals surface area contributed by atoms with Gasteiger partial charge in [0.2, 0.25) is 15.9 Å². The molecule has 0 bridgehead atoms. The minimum absolute atomic E-state index is 0.0500. The van der Waals surface area contributed by atoms with Crippen LogP contribution in [0.25, 0.3) is 0 Å². The van der Waals surface area contributed by atoms with Gasteiger partial charge in [0.15, 0.2) is 0 Å². The van der Waals surface area contributed by atoms with Crippen LogP contribution in [0, 0.1) is 0 Å². The van der Waals surface area contributed by atoms with Crippen molar-refractivity contribution in [2.45, 2.75) is 10.9 Å². The zero-order chi connectivity index (χ0) is 17.6. The van der Waals surface area contributed by atoms with Crippen LogP contribution in [0.15, 0.2) is 16.3 Å². The zero-order valence-electron chi connectivity index (χ0n) is 13.1. The summed E-state index contributed by atoms with van der Waals surface area (Å²) < 4.78 is 25.6. The number of likely N-dealkylation sites (N-methyl/N-ethyl adjacent to an activating group) is 2. The van der Waals surface area contributed by atoms with E-state index in [0.717, 1.165) is 4.90 Å². The van der Waals surface area contributed by atoms with Gasteiger partial charge in [-0.3, -0.25) is 14.5 Å². The second-order valence-corrected chi connectivity index (χ2v) is 8.63. The number of carbonyl (C=O) groups is 3. The Bertz CT molecular complexity index is 818. The van der Waals surface area contributed by atoms with Crippen LogP contribution < -0.4 is 5.32 Å². The Morgan fingerprint density at radius 2 is 2.08 bits per heavy atom. The number of nitrogens with one attached hydrogen (secondary N) is 1. The molecule has 130 valence electrons. The summed E-state index contributed by atoms with van der Waals surface area (Å²) in [4.78, 5) is 38.6. The number of rotatable bonds is 3. The van der Waals surface area contributed by atoms with Crippen molar-refractivity contribution in [1.29, 1.82) is 0 Å². The average Bonchev–Trinajstić information content (AvgIpc) is 3.07. The van der Waals surface area contributed by atoms with Crippen molar-refractivity contribution in [2.24, 2.45) is 0 Å². The molecule has 1 N–H and O–H groups in total.